The maximum Gasteiger partial charge on any atom is 0.883 e. The standard InChI is InChI=1S/2C6H15OSi.C3H2F5O.Al/c2*1-4-8(7,5-2)6-3;4-2(5,1-9)3(6,7)8;/h2*4-6H2,1-3H3;1H2;/q3*-1;+3. The summed E-state index contributed by atoms with van der Waals surface area (Å²) in [6, 6.07) is 4.45. The highest BCUT2D eigenvalue weighted by Crippen LogP contribution is 2.36. The summed E-state index contributed by atoms with van der Waals surface area (Å²) in [6.45, 7) is 10.0. The highest BCUT2D eigenvalue weighted by atomic mass is 28.4. The molecule has 11 heteroatoms. The quantitative estimate of drug-likeness (QED) is 0.252. The van der Waals surface area contributed by atoms with Crippen molar-refractivity contribution >= 4 is 31.8 Å². The van der Waals surface area contributed by atoms with Crippen molar-refractivity contribution in [1.29, 1.82) is 0 Å². The normalized spacial score (nSPS) is 14.0. The Balaban J connectivity index is 5.47. The van der Waals surface area contributed by atoms with Gasteiger partial charge in [-0.15, -0.1) is 0 Å². The van der Waals surface area contributed by atoms with Crippen LogP contribution in [0.4, 0.5) is 22.0 Å². The van der Waals surface area contributed by atoms with Gasteiger partial charge in [0.25, 0.3) is 0 Å². The topological polar surface area (TPSA) is 27.7 Å². The van der Waals surface area contributed by atoms with E-state index in [1.807, 2.05) is 41.5 Å². The molecule has 0 aliphatic carbocycles. The maximum atomic E-state index is 13.3. The molecule has 0 spiro atoms. The van der Waals surface area contributed by atoms with Crippen LogP contribution in [0.3, 0.4) is 0 Å². The predicted molar refractivity (Wildman–Crippen MR) is 99.3 cm³/mol. The fraction of sp³-hybridized carbons (Fsp3) is 1.00. The average Bonchev–Trinajstić information content (AvgIpc) is 2.61. The second-order valence-electron chi connectivity index (χ2n) is 6.52. The number of halogens is 5. The third-order valence-corrected chi connectivity index (χ3v) is 19.1. The molecule has 0 aromatic heterocycles. The van der Waals surface area contributed by atoms with Crippen molar-refractivity contribution in [3.63, 3.8) is 0 Å². The molecule has 0 aliphatic heterocycles. The Kier molecular flexibility index (Phi) is 11.1. The summed E-state index contributed by atoms with van der Waals surface area (Å²) in [6.07, 6.45) is -5.64. The van der Waals surface area contributed by atoms with Crippen LogP contribution in [-0.2, 0) is 10.7 Å². The molecule has 156 valence electrons. The molecule has 3 nitrogen and oxygen atoms in total. The van der Waals surface area contributed by atoms with Crippen LogP contribution in [0.25, 0.3) is 0 Å². The number of alkyl halides is 5. The molecule has 0 amide bonds. The van der Waals surface area contributed by atoms with Crippen molar-refractivity contribution in [2.45, 2.75) is 89.9 Å². The van der Waals surface area contributed by atoms with E-state index in [-0.39, 0.29) is 0 Å². The lowest BCUT2D eigenvalue weighted by Crippen LogP contribution is -2.52. The van der Waals surface area contributed by atoms with E-state index in [4.69, 9.17) is 10.7 Å². The maximum absolute atomic E-state index is 13.3. The monoisotopic (exact) mass is 438 g/mol. The lowest BCUT2D eigenvalue weighted by molar-refractivity contribution is -0.291. The Bertz CT molecular complexity index is 367. The van der Waals surface area contributed by atoms with Crippen LogP contribution in [0.2, 0.25) is 36.3 Å². The highest BCUT2D eigenvalue weighted by Gasteiger charge is 2.59. The van der Waals surface area contributed by atoms with E-state index < -0.39 is 50.5 Å². The van der Waals surface area contributed by atoms with Crippen LogP contribution in [0.1, 0.15) is 41.5 Å². The third-order valence-electron chi connectivity index (χ3n) is 5.37. The smallest absolute Gasteiger partial charge is 0.499 e. The van der Waals surface area contributed by atoms with Crippen LogP contribution in [0.15, 0.2) is 0 Å². The van der Waals surface area contributed by atoms with E-state index in [0.717, 1.165) is 36.3 Å². The van der Waals surface area contributed by atoms with E-state index in [2.05, 4.69) is 0 Å². The predicted octanol–water partition coefficient (Wildman–Crippen LogP) is 6.23. The Morgan fingerprint density at radius 1 is 0.654 bits per heavy atom. The molecular formula is C15H32AlF5O3Si2. The molecule has 0 unspecified atom stereocenters. The van der Waals surface area contributed by atoms with Crippen molar-refractivity contribution in [1.82, 2.24) is 0 Å². The van der Waals surface area contributed by atoms with Crippen molar-refractivity contribution in [2.24, 2.45) is 0 Å². The first kappa shape index (κ1) is 26.5. The summed E-state index contributed by atoms with van der Waals surface area (Å²) in [5.41, 5.74) is 0. The molecule has 0 rings (SSSR count). The van der Waals surface area contributed by atoms with Gasteiger partial charge in [-0.1, -0.05) is 41.5 Å². The first-order valence-electron chi connectivity index (χ1n) is 9.32. The Labute approximate surface area is 161 Å². The van der Waals surface area contributed by atoms with Gasteiger partial charge < -0.3 is 10.7 Å². The van der Waals surface area contributed by atoms with Gasteiger partial charge in [0.05, 0.1) is 6.61 Å². The summed E-state index contributed by atoms with van der Waals surface area (Å²) in [5.74, 6) is -4.91. The van der Waals surface area contributed by atoms with Gasteiger partial charge in [-0.25, -0.2) is 0 Å². The van der Waals surface area contributed by atoms with Crippen molar-refractivity contribution in [3.8, 4) is 0 Å². The van der Waals surface area contributed by atoms with Crippen molar-refractivity contribution in [2.75, 3.05) is 6.61 Å². The van der Waals surface area contributed by atoms with Crippen molar-refractivity contribution < 1.29 is 32.7 Å². The summed E-state index contributed by atoms with van der Waals surface area (Å²) in [4.78, 5) is 0. The fourth-order valence-electron chi connectivity index (χ4n) is 2.75. The average molecular weight is 439 g/mol. The first-order chi connectivity index (χ1) is 11.9. The molecule has 0 atom stereocenters. The minimum atomic E-state index is -5.64. The molecule has 0 aromatic carbocycles. The van der Waals surface area contributed by atoms with Gasteiger partial charge in [0, 0.05) is 0 Å². The molecule has 26 heavy (non-hydrogen) atoms. The van der Waals surface area contributed by atoms with Crippen LogP contribution in [0, 0.1) is 0 Å². The molecule has 0 aromatic rings. The number of rotatable bonds is 13. The summed E-state index contributed by atoms with van der Waals surface area (Å²) in [7, 11) is -4.51. The fourth-order valence-corrected chi connectivity index (χ4v) is 14.5. The van der Waals surface area contributed by atoms with Gasteiger partial charge >= 0.3 is 27.2 Å². The molecule has 0 heterocycles. The lowest BCUT2D eigenvalue weighted by atomic mass is 10.3. The summed E-state index contributed by atoms with van der Waals surface area (Å²) < 4.78 is 81.4. The van der Waals surface area contributed by atoms with Crippen molar-refractivity contribution in [3.05, 3.63) is 0 Å². The Morgan fingerprint density at radius 2 is 0.962 bits per heavy atom. The van der Waals surface area contributed by atoms with E-state index >= 15 is 0 Å². The minimum absolute atomic E-state index is 0.741. The molecule has 0 saturated carbocycles. The van der Waals surface area contributed by atoms with Gasteiger partial charge in [-0.2, -0.15) is 22.0 Å². The van der Waals surface area contributed by atoms with E-state index in [0.29, 0.717) is 0 Å². The van der Waals surface area contributed by atoms with E-state index in [9.17, 15) is 22.0 Å². The van der Waals surface area contributed by atoms with Gasteiger partial charge in [0.15, 0.2) is 16.6 Å². The second kappa shape index (κ2) is 10.9. The second-order valence-corrected chi connectivity index (χ2v) is 18.3. The molecule has 0 N–H and O–H groups in total. The Hall–Kier alpha value is 0.496. The molecule has 0 radical (unpaired) electrons. The van der Waals surface area contributed by atoms with Gasteiger partial charge in [-0.05, 0) is 36.3 Å². The number of hydrogen-bond acceptors (Lipinski definition) is 3. The van der Waals surface area contributed by atoms with E-state index in [1.165, 1.54) is 0 Å². The first-order valence-corrected chi connectivity index (χ1v) is 15.8. The lowest BCUT2D eigenvalue weighted by Gasteiger charge is -2.37. The van der Waals surface area contributed by atoms with Gasteiger partial charge in [0.1, 0.15) is 0 Å². The molecular weight excluding hydrogens is 406 g/mol. The van der Waals surface area contributed by atoms with E-state index in [1.54, 1.807) is 0 Å². The van der Waals surface area contributed by atoms with Gasteiger partial charge in [-0.3, -0.25) is 0 Å². The van der Waals surface area contributed by atoms with Gasteiger partial charge in [0.2, 0.25) is 0 Å². The largest absolute Gasteiger partial charge is 0.883 e. The zero-order chi connectivity index (χ0) is 20.6. The Morgan fingerprint density at radius 3 is 1.19 bits per heavy atom. The van der Waals surface area contributed by atoms with Crippen LogP contribution in [0.5, 0.6) is 0 Å². The van der Waals surface area contributed by atoms with Crippen LogP contribution < -0.4 is 0 Å². The summed E-state index contributed by atoms with van der Waals surface area (Å²) in [5, 5.41) is 0. The minimum Gasteiger partial charge on any atom is -0.499 e. The van der Waals surface area contributed by atoms with Crippen LogP contribution >= 0.6 is 0 Å². The number of hydrogen-bond donors (Lipinski definition) is 0. The molecule has 0 aliphatic rings. The summed E-state index contributed by atoms with van der Waals surface area (Å²) >= 11 is -3.12. The molecule has 0 bridgehead atoms. The van der Waals surface area contributed by atoms with Crippen LogP contribution in [-0.4, -0.2) is 50.5 Å². The zero-order valence-electron chi connectivity index (χ0n) is 16.6. The third kappa shape index (κ3) is 7.15. The zero-order valence-corrected chi connectivity index (χ0v) is 19.8. The SMILES string of the molecule is CC[Si](CC)(CC)[O][Al]([O]CC(F)(F)C(F)(F)F)[O][Si](CC)(CC)CC. The molecule has 0 saturated heterocycles. The molecule has 0 fully saturated rings. The highest BCUT2D eigenvalue weighted by molar-refractivity contribution is 6.82.